The summed E-state index contributed by atoms with van der Waals surface area (Å²) in [5.74, 6) is 0. The third-order valence-electron chi connectivity index (χ3n) is 11.6. The molecule has 55 heavy (non-hydrogen) atoms. The molecule has 4 saturated heterocycles. The first kappa shape index (κ1) is 41.9. The van der Waals surface area contributed by atoms with Crippen LogP contribution >= 0.6 is 23.2 Å². The van der Waals surface area contributed by atoms with Gasteiger partial charge in [-0.05, 0) is 108 Å². The molecule has 2 spiro atoms. The molecule has 1 N–H and O–H groups in total. The average molecular weight is 810 g/mol. The Labute approximate surface area is 334 Å². The molecule has 1 amide bonds. The van der Waals surface area contributed by atoms with E-state index >= 15 is 0 Å². The SMILES string of the molecule is CC(C)(C)OC(=O)N1CCN(Cc2ccc(Cl)c(N3CCCC34CC4)c2)CC1.Clc1ccc(CN2CCNCC2)cc1N1CCCC12CC2.O=CC(F)(F)F. The maximum Gasteiger partial charge on any atom is 0.446 e. The van der Waals surface area contributed by atoms with E-state index in [9.17, 15) is 18.0 Å². The van der Waals surface area contributed by atoms with Crippen LogP contribution in [0.1, 0.15) is 83.3 Å². The molecule has 2 aromatic rings. The molecule has 0 aromatic heterocycles. The Morgan fingerprint density at radius 3 is 1.56 bits per heavy atom. The van der Waals surface area contributed by atoms with Crippen molar-refractivity contribution in [2.24, 2.45) is 0 Å². The molecule has 6 fully saturated rings. The fourth-order valence-electron chi connectivity index (χ4n) is 8.48. The quantitative estimate of drug-likeness (QED) is 0.294. The second-order valence-corrected chi connectivity index (χ2v) is 17.8. The van der Waals surface area contributed by atoms with Gasteiger partial charge in [0.15, 0.2) is 0 Å². The van der Waals surface area contributed by atoms with Crippen LogP contribution in [0.4, 0.5) is 29.3 Å². The summed E-state index contributed by atoms with van der Waals surface area (Å²) in [4.78, 5) is 32.8. The number of hydrogen-bond donors (Lipinski definition) is 1. The molecule has 0 bridgehead atoms. The van der Waals surface area contributed by atoms with Crippen molar-refractivity contribution in [2.45, 2.75) is 108 Å². The Kier molecular flexibility index (Phi) is 13.2. The van der Waals surface area contributed by atoms with E-state index in [2.05, 4.69) is 61.3 Å². The number of halogens is 5. The summed E-state index contributed by atoms with van der Waals surface area (Å²) < 4.78 is 36.7. The van der Waals surface area contributed by atoms with Crippen LogP contribution in [0.5, 0.6) is 0 Å². The Morgan fingerprint density at radius 1 is 0.727 bits per heavy atom. The number of alkyl halides is 3. The first-order valence-corrected chi connectivity index (χ1v) is 20.6. The van der Waals surface area contributed by atoms with Crippen molar-refractivity contribution >= 4 is 47.0 Å². The molecule has 304 valence electrons. The van der Waals surface area contributed by atoms with Crippen molar-refractivity contribution in [2.75, 3.05) is 75.2 Å². The van der Waals surface area contributed by atoms with E-state index in [0.29, 0.717) is 24.2 Å². The van der Waals surface area contributed by atoms with Crippen LogP contribution in [0.3, 0.4) is 0 Å². The van der Waals surface area contributed by atoms with Gasteiger partial charge in [0.2, 0.25) is 6.29 Å². The molecular weight excluding hydrogens is 752 g/mol. The lowest BCUT2D eigenvalue weighted by molar-refractivity contribution is -0.156. The molecule has 4 heterocycles. The number of carbonyl (C=O) groups is 2. The number of rotatable bonds is 6. The Morgan fingerprint density at radius 2 is 1.16 bits per heavy atom. The molecule has 2 aliphatic carbocycles. The monoisotopic (exact) mass is 808 g/mol. The highest BCUT2D eigenvalue weighted by Crippen LogP contribution is 2.53. The molecule has 9 nitrogen and oxygen atoms in total. The van der Waals surface area contributed by atoms with E-state index in [0.717, 1.165) is 68.9 Å². The van der Waals surface area contributed by atoms with Crippen LogP contribution in [0, 0.1) is 0 Å². The summed E-state index contributed by atoms with van der Waals surface area (Å²) in [7, 11) is 0. The van der Waals surface area contributed by atoms with Gasteiger partial charge in [-0.25, -0.2) is 4.79 Å². The van der Waals surface area contributed by atoms with E-state index < -0.39 is 18.1 Å². The second-order valence-electron chi connectivity index (χ2n) is 17.0. The van der Waals surface area contributed by atoms with E-state index in [-0.39, 0.29) is 6.09 Å². The fraction of sp³-hybridized carbons (Fsp3) is 0.659. The van der Waals surface area contributed by atoms with E-state index in [1.807, 2.05) is 25.7 Å². The maximum atomic E-state index is 12.2. The number of nitrogens with zero attached hydrogens (tertiary/aromatic N) is 5. The summed E-state index contributed by atoms with van der Waals surface area (Å²) in [6.07, 6.45) is 4.66. The predicted molar refractivity (Wildman–Crippen MR) is 213 cm³/mol. The normalized spacial score (nSPS) is 21.9. The Bertz CT molecular complexity index is 1630. The van der Waals surface area contributed by atoms with Crippen LogP contribution in [0.2, 0.25) is 10.0 Å². The van der Waals surface area contributed by atoms with Crippen molar-refractivity contribution in [3.8, 4) is 0 Å². The summed E-state index contributed by atoms with van der Waals surface area (Å²) in [6, 6.07) is 13.1. The van der Waals surface area contributed by atoms with E-state index in [4.69, 9.17) is 32.7 Å². The second kappa shape index (κ2) is 17.4. The number of hydrogen-bond acceptors (Lipinski definition) is 8. The smallest absolute Gasteiger partial charge is 0.444 e. The summed E-state index contributed by atoms with van der Waals surface area (Å²) in [5, 5.41) is 5.20. The fourth-order valence-corrected chi connectivity index (χ4v) is 8.92. The molecule has 2 saturated carbocycles. The zero-order chi connectivity index (χ0) is 39.4. The lowest BCUT2D eigenvalue weighted by Gasteiger charge is -2.35. The van der Waals surface area contributed by atoms with Gasteiger partial charge in [0.05, 0.1) is 21.4 Å². The number of amides is 1. The molecule has 4 aliphatic heterocycles. The third kappa shape index (κ3) is 11.2. The molecule has 2 aromatic carbocycles. The van der Waals surface area contributed by atoms with E-state index in [1.165, 1.54) is 80.4 Å². The zero-order valence-corrected chi connectivity index (χ0v) is 34.0. The van der Waals surface area contributed by atoms with Crippen molar-refractivity contribution < 1.29 is 27.5 Å². The largest absolute Gasteiger partial charge is 0.446 e. The van der Waals surface area contributed by atoms with Crippen molar-refractivity contribution in [3.63, 3.8) is 0 Å². The van der Waals surface area contributed by atoms with Crippen LogP contribution in [0.25, 0.3) is 0 Å². The summed E-state index contributed by atoms with van der Waals surface area (Å²) in [6.45, 7) is 17.6. The van der Waals surface area contributed by atoms with Crippen LogP contribution in [-0.2, 0) is 22.6 Å². The third-order valence-corrected chi connectivity index (χ3v) is 12.3. The van der Waals surface area contributed by atoms with Crippen LogP contribution < -0.4 is 15.1 Å². The number of anilines is 2. The highest BCUT2D eigenvalue weighted by Gasteiger charge is 2.52. The number of benzene rings is 2. The number of ether oxygens (including phenoxy) is 1. The predicted octanol–water partition coefficient (Wildman–Crippen LogP) is 8.15. The van der Waals surface area contributed by atoms with Gasteiger partial charge < -0.3 is 24.8 Å². The van der Waals surface area contributed by atoms with Gasteiger partial charge in [0.1, 0.15) is 5.60 Å². The lowest BCUT2D eigenvalue weighted by Crippen LogP contribution is -2.49. The minimum absolute atomic E-state index is 0.204. The van der Waals surface area contributed by atoms with Gasteiger partial charge in [-0.3, -0.25) is 14.6 Å². The molecule has 6 aliphatic rings. The summed E-state index contributed by atoms with van der Waals surface area (Å²) in [5.41, 5.74) is 5.62. The molecule has 0 radical (unpaired) electrons. The first-order chi connectivity index (χ1) is 26.1. The molecule has 8 rings (SSSR count). The topological polar surface area (TPSA) is 71.6 Å². The van der Waals surface area contributed by atoms with Gasteiger partial charge in [-0.1, -0.05) is 35.3 Å². The Hall–Kier alpha value is -2.77. The molecule has 0 unspecified atom stereocenters. The minimum Gasteiger partial charge on any atom is -0.444 e. The highest BCUT2D eigenvalue weighted by molar-refractivity contribution is 6.33. The molecule has 14 heteroatoms. The zero-order valence-electron chi connectivity index (χ0n) is 32.5. The van der Waals surface area contributed by atoms with Gasteiger partial charge in [-0.15, -0.1) is 0 Å². The number of carbonyl (C=O) groups excluding carboxylic acids is 2. The van der Waals surface area contributed by atoms with Gasteiger partial charge in [-0.2, -0.15) is 13.2 Å². The van der Waals surface area contributed by atoms with Gasteiger partial charge in [0, 0.05) is 89.6 Å². The minimum atomic E-state index is -4.64. The summed E-state index contributed by atoms with van der Waals surface area (Å²) >= 11 is 13.1. The first-order valence-electron chi connectivity index (χ1n) is 19.9. The van der Waals surface area contributed by atoms with E-state index in [1.54, 1.807) is 0 Å². The van der Waals surface area contributed by atoms with Crippen molar-refractivity contribution in [1.29, 1.82) is 0 Å². The van der Waals surface area contributed by atoms with Gasteiger partial charge in [0.25, 0.3) is 0 Å². The number of piperazine rings is 2. The molecule has 0 atom stereocenters. The van der Waals surface area contributed by atoms with Gasteiger partial charge >= 0.3 is 12.3 Å². The van der Waals surface area contributed by atoms with Crippen molar-refractivity contribution in [1.82, 2.24) is 20.0 Å². The Balaban J connectivity index is 0.000000168. The number of nitrogens with one attached hydrogen (secondary N) is 1. The number of aldehydes is 1. The lowest BCUT2D eigenvalue weighted by atomic mass is 10.1. The maximum absolute atomic E-state index is 12.2. The molecular formula is C41H57Cl2F3N6O3. The van der Waals surface area contributed by atoms with Crippen molar-refractivity contribution in [3.05, 3.63) is 57.6 Å². The van der Waals surface area contributed by atoms with Crippen LogP contribution in [0.15, 0.2) is 36.4 Å². The average Bonchev–Trinajstić information content (AvgIpc) is 4.01. The standard InChI is InChI=1S/C22H32ClN3O2.C17H24ClN3.C2HF3O/c1-21(2,3)28-20(27)25-13-11-24(12-14-25)16-17-5-6-18(23)19(15-17)26-10-4-7-22(26)8-9-22;18-15-3-2-14(13-20-10-7-19-8-11-20)12-16(15)21-9-1-4-17(21)5-6-17;3-2(4,5)1-6/h5-6,15H,4,7-14,16H2,1-3H3;2-3,12,19H,1,4-11,13H2;1H. The van der Waals surface area contributed by atoms with Crippen LogP contribution in [-0.4, -0.2) is 115 Å². The highest BCUT2D eigenvalue weighted by atomic mass is 35.5.